The van der Waals surface area contributed by atoms with Gasteiger partial charge < -0.3 is 21.7 Å². The normalized spacial score (nSPS) is 11.4. The molecule has 1 atom stereocenters. The molecule has 4 aromatic carbocycles. The highest BCUT2D eigenvalue weighted by molar-refractivity contribution is 9.10. The Balaban J connectivity index is 1.12. The van der Waals surface area contributed by atoms with Crippen molar-refractivity contribution in [3.05, 3.63) is 118 Å². The van der Waals surface area contributed by atoms with Crippen molar-refractivity contribution in [1.82, 2.24) is 20.8 Å². The highest BCUT2D eigenvalue weighted by atomic mass is 79.9. The molecule has 1 unspecified atom stereocenters. The van der Waals surface area contributed by atoms with Gasteiger partial charge in [0.05, 0.1) is 5.52 Å². The number of Topliss-reactive ketones (excluding diaryl/α,β-unsaturated/α-hetero) is 1. The van der Waals surface area contributed by atoms with Crippen LogP contribution >= 0.6 is 15.9 Å². The number of nitrogens with one attached hydrogen (secondary N) is 4. The molecule has 5 aromatic rings. The van der Waals surface area contributed by atoms with E-state index in [1.54, 1.807) is 42.5 Å². The first-order valence-electron chi connectivity index (χ1n) is 14.3. The molecule has 4 amide bonds. The van der Waals surface area contributed by atoms with E-state index in [-0.39, 0.29) is 30.7 Å². The van der Waals surface area contributed by atoms with E-state index in [2.05, 4.69) is 42.1 Å². The Labute approximate surface area is 272 Å². The number of H-pyrrole nitrogens is 1. The van der Waals surface area contributed by atoms with Gasteiger partial charge >= 0.3 is 0 Å². The number of aromatic nitrogens is 2. The predicted molar refractivity (Wildman–Crippen MR) is 177 cm³/mol. The molecule has 6 N–H and O–H groups in total. The zero-order chi connectivity index (χ0) is 32.6. The maximum absolute atomic E-state index is 12.9. The van der Waals surface area contributed by atoms with Crippen molar-refractivity contribution in [2.45, 2.75) is 18.9 Å². The molecule has 46 heavy (non-hydrogen) atoms. The number of nitrogens with two attached hydrogens (primary N) is 1. The monoisotopic (exact) mass is 680 g/mol. The van der Waals surface area contributed by atoms with E-state index in [0.29, 0.717) is 32.3 Å². The molecular weight excluding hydrogens is 652 g/mol. The number of primary amides is 1. The van der Waals surface area contributed by atoms with E-state index in [4.69, 9.17) is 5.73 Å². The van der Waals surface area contributed by atoms with E-state index in [9.17, 15) is 24.0 Å². The summed E-state index contributed by atoms with van der Waals surface area (Å²) in [5, 5.41) is 15.4. The number of ketones is 1. The zero-order valence-corrected chi connectivity index (χ0v) is 26.0. The fourth-order valence-corrected chi connectivity index (χ4v) is 5.10. The number of anilines is 1. The minimum absolute atomic E-state index is 0.00984. The summed E-state index contributed by atoms with van der Waals surface area (Å²) in [6.45, 7) is -0.246. The number of rotatable bonds is 12. The van der Waals surface area contributed by atoms with Crippen LogP contribution in [0.2, 0.25) is 0 Å². The molecule has 0 saturated heterocycles. The number of halogens is 1. The molecular formula is C34H29BrN6O5. The number of amides is 4. The van der Waals surface area contributed by atoms with Crippen LogP contribution in [0.4, 0.5) is 5.69 Å². The quantitative estimate of drug-likeness (QED) is 0.120. The molecule has 0 bridgehead atoms. The molecule has 12 heteroatoms. The molecule has 0 radical (unpaired) electrons. The van der Waals surface area contributed by atoms with Crippen molar-refractivity contribution in [2.75, 3.05) is 11.9 Å². The van der Waals surface area contributed by atoms with E-state index in [0.717, 1.165) is 11.1 Å². The summed E-state index contributed by atoms with van der Waals surface area (Å²) >= 11 is 3.33. The number of nitrogens with zero attached hydrogens (tertiary/aromatic N) is 1. The van der Waals surface area contributed by atoms with Gasteiger partial charge in [-0.1, -0.05) is 60.7 Å². The van der Waals surface area contributed by atoms with Gasteiger partial charge in [0.15, 0.2) is 5.78 Å². The summed E-state index contributed by atoms with van der Waals surface area (Å²) in [6.07, 6.45) is -0.0421. The van der Waals surface area contributed by atoms with E-state index >= 15 is 0 Å². The molecule has 0 saturated carbocycles. The smallest absolute Gasteiger partial charge is 0.252 e. The Morgan fingerprint density at radius 2 is 1.46 bits per heavy atom. The average molecular weight is 682 g/mol. The van der Waals surface area contributed by atoms with Crippen LogP contribution in [0.1, 0.15) is 43.9 Å². The maximum atomic E-state index is 12.9. The van der Waals surface area contributed by atoms with Crippen molar-refractivity contribution in [3.8, 4) is 11.1 Å². The van der Waals surface area contributed by atoms with Crippen LogP contribution in [-0.2, 0) is 9.59 Å². The lowest BCUT2D eigenvalue weighted by molar-refractivity contribution is -0.119. The van der Waals surface area contributed by atoms with Gasteiger partial charge in [0, 0.05) is 47.2 Å². The second-order valence-electron chi connectivity index (χ2n) is 10.4. The molecule has 1 aromatic heterocycles. The van der Waals surface area contributed by atoms with Gasteiger partial charge in [-0.05, 0) is 63.5 Å². The number of fused-ring (bicyclic) bond motifs is 1. The third-order valence-corrected chi connectivity index (χ3v) is 7.79. The minimum Gasteiger partial charge on any atom is -0.368 e. The van der Waals surface area contributed by atoms with Crippen LogP contribution in [0, 0.1) is 0 Å². The summed E-state index contributed by atoms with van der Waals surface area (Å²) in [4.78, 5) is 63.0. The first-order valence-corrected chi connectivity index (χ1v) is 15.1. The molecule has 11 nitrogen and oxygen atoms in total. The van der Waals surface area contributed by atoms with Crippen molar-refractivity contribution in [3.63, 3.8) is 0 Å². The molecule has 0 aliphatic heterocycles. The van der Waals surface area contributed by atoms with Gasteiger partial charge in [-0.15, -0.1) is 0 Å². The van der Waals surface area contributed by atoms with E-state index in [1.807, 2.05) is 42.5 Å². The van der Waals surface area contributed by atoms with Gasteiger partial charge in [-0.25, -0.2) is 0 Å². The molecule has 0 aliphatic rings. The lowest BCUT2D eigenvalue weighted by Crippen LogP contribution is -2.51. The topological polar surface area (TPSA) is 176 Å². The van der Waals surface area contributed by atoms with Crippen LogP contribution in [0.15, 0.2) is 102 Å². The summed E-state index contributed by atoms with van der Waals surface area (Å²) in [7, 11) is 0. The number of carbonyl (C=O) groups excluding carboxylic acids is 5. The highest BCUT2D eigenvalue weighted by Gasteiger charge is 2.21. The van der Waals surface area contributed by atoms with Crippen molar-refractivity contribution >= 4 is 61.9 Å². The Morgan fingerprint density at radius 1 is 0.761 bits per heavy atom. The van der Waals surface area contributed by atoms with E-state index in [1.165, 1.54) is 12.1 Å². The van der Waals surface area contributed by atoms with Crippen LogP contribution < -0.4 is 21.7 Å². The molecule has 1 heterocycles. The summed E-state index contributed by atoms with van der Waals surface area (Å²) in [5.74, 6) is -2.51. The van der Waals surface area contributed by atoms with Gasteiger partial charge in [0.1, 0.15) is 10.6 Å². The lowest BCUT2D eigenvalue weighted by atomic mass is 10.0. The van der Waals surface area contributed by atoms with Crippen LogP contribution in [-0.4, -0.2) is 52.2 Å². The van der Waals surface area contributed by atoms with E-state index < -0.39 is 29.7 Å². The standard InChI is InChI=1S/C34H29BrN6O5/c35-31-26-18-24(13-14-27(26)40-41-31)33(45)37-19-28(32(36)44)39-34(46)23-7-4-8-25(17-23)38-30(43)16-15-29(42)22-11-9-21(10-12-22)20-5-2-1-3-6-20/h1-14,17-18,28H,15-16,19H2,(H2,36,44)(H,37,45)(H,38,43)(H,39,46)(H,40,41). The van der Waals surface area contributed by atoms with Gasteiger partial charge in [0.2, 0.25) is 11.8 Å². The van der Waals surface area contributed by atoms with Crippen LogP contribution in [0.5, 0.6) is 0 Å². The number of hydrogen-bond acceptors (Lipinski definition) is 6. The summed E-state index contributed by atoms with van der Waals surface area (Å²) in [6, 6.07) is 26.8. The second-order valence-corrected chi connectivity index (χ2v) is 11.2. The van der Waals surface area contributed by atoms with Crippen LogP contribution in [0.3, 0.4) is 0 Å². The maximum Gasteiger partial charge on any atom is 0.252 e. The number of benzene rings is 4. The molecule has 232 valence electrons. The summed E-state index contributed by atoms with van der Waals surface area (Å²) in [5.41, 5.74) is 9.52. The molecule has 5 rings (SSSR count). The fourth-order valence-electron chi connectivity index (χ4n) is 4.69. The predicted octanol–water partition coefficient (Wildman–Crippen LogP) is 4.61. The highest BCUT2D eigenvalue weighted by Crippen LogP contribution is 2.22. The van der Waals surface area contributed by atoms with Crippen molar-refractivity contribution in [1.29, 1.82) is 0 Å². The Hall–Kier alpha value is -5.62. The number of hydrogen-bond donors (Lipinski definition) is 5. The Bertz CT molecular complexity index is 1920. The number of carbonyl (C=O) groups is 5. The largest absolute Gasteiger partial charge is 0.368 e. The average Bonchev–Trinajstić information content (AvgIpc) is 3.45. The van der Waals surface area contributed by atoms with Crippen molar-refractivity contribution in [2.24, 2.45) is 5.73 Å². The number of aromatic amines is 1. The SMILES string of the molecule is NC(=O)C(CNC(=O)c1ccc2n[nH]c(Br)c2c1)NC(=O)c1cccc(NC(=O)CCC(=O)c2ccc(-c3ccccc3)cc2)c1. The first kappa shape index (κ1) is 31.8. The summed E-state index contributed by atoms with van der Waals surface area (Å²) < 4.78 is 0.622. The molecule has 0 spiro atoms. The second kappa shape index (κ2) is 14.4. The van der Waals surface area contributed by atoms with Gasteiger partial charge in [-0.3, -0.25) is 29.1 Å². The fraction of sp³-hybridized carbons (Fsp3) is 0.118. The molecule has 0 fully saturated rings. The zero-order valence-electron chi connectivity index (χ0n) is 24.4. The van der Waals surface area contributed by atoms with Gasteiger partial charge in [-0.2, -0.15) is 5.10 Å². The Morgan fingerprint density at radius 3 is 2.20 bits per heavy atom. The van der Waals surface area contributed by atoms with Crippen molar-refractivity contribution < 1.29 is 24.0 Å². The van der Waals surface area contributed by atoms with Crippen LogP contribution in [0.25, 0.3) is 22.0 Å². The minimum atomic E-state index is -1.20. The third kappa shape index (κ3) is 7.90. The molecule has 0 aliphatic carbocycles. The first-order chi connectivity index (χ1) is 22.2. The third-order valence-electron chi connectivity index (χ3n) is 7.19. The lowest BCUT2D eigenvalue weighted by Gasteiger charge is -2.17. The van der Waals surface area contributed by atoms with Gasteiger partial charge in [0.25, 0.3) is 11.8 Å². The Kier molecular flexibility index (Phi) is 9.98.